The van der Waals surface area contributed by atoms with Crippen LogP contribution < -0.4 is 10.1 Å². The van der Waals surface area contributed by atoms with Crippen molar-refractivity contribution in [1.29, 1.82) is 5.26 Å². The highest BCUT2D eigenvalue weighted by Gasteiger charge is 2.18. The predicted octanol–water partition coefficient (Wildman–Crippen LogP) is 1.58. The van der Waals surface area contributed by atoms with Crippen LogP contribution in [-0.4, -0.2) is 19.6 Å². The van der Waals surface area contributed by atoms with E-state index in [0.29, 0.717) is 29.9 Å². The molecule has 0 saturated carbocycles. The Morgan fingerprint density at radius 2 is 2.17 bits per heavy atom. The highest BCUT2D eigenvalue weighted by Crippen LogP contribution is 2.17. The largest absolute Gasteiger partial charge is 0.497 e. The Morgan fingerprint density at radius 1 is 1.44 bits per heavy atom. The first-order valence-corrected chi connectivity index (χ1v) is 5.46. The number of nitrogens with one attached hydrogen (secondary N) is 1. The van der Waals surface area contributed by atoms with Gasteiger partial charge in [0.2, 0.25) is 5.88 Å². The maximum absolute atomic E-state index is 11.9. The van der Waals surface area contributed by atoms with Crippen LogP contribution >= 0.6 is 0 Å². The van der Waals surface area contributed by atoms with Gasteiger partial charge in [-0.2, -0.15) is 5.26 Å². The molecule has 1 heterocycles. The number of ether oxygens (including phenoxy) is 2. The molecule has 1 aliphatic rings. The van der Waals surface area contributed by atoms with Crippen LogP contribution in [0.15, 0.2) is 35.7 Å². The first-order valence-electron chi connectivity index (χ1n) is 5.46. The lowest BCUT2D eigenvalue weighted by molar-refractivity contribution is 0.0930. The molecular weight excluding hydrogens is 232 g/mol. The van der Waals surface area contributed by atoms with Gasteiger partial charge >= 0.3 is 0 Å². The molecule has 92 valence electrons. The molecule has 18 heavy (non-hydrogen) atoms. The average Bonchev–Trinajstić information content (AvgIpc) is 2.86. The summed E-state index contributed by atoms with van der Waals surface area (Å²) in [5.41, 5.74) is 0.952. The number of rotatable bonds is 3. The van der Waals surface area contributed by atoms with Crippen LogP contribution in [0.5, 0.6) is 5.75 Å². The topological polar surface area (TPSA) is 71.3 Å². The summed E-state index contributed by atoms with van der Waals surface area (Å²) in [6, 6.07) is 8.70. The first-order chi connectivity index (χ1) is 8.74. The lowest BCUT2D eigenvalue weighted by Crippen LogP contribution is -2.23. The third-order valence-electron chi connectivity index (χ3n) is 2.59. The monoisotopic (exact) mass is 244 g/mol. The summed E-state index contributed by atoms with van der Waals surface area (Å²) in [4.78, 5) is 11.9. The van der Waals surface area contributed by atoms with E-state index in [0.717, 1.165) is 0 Å². The van der Waals surface area contributed by atoms with E-state index in [4.69, 9.17) is 14.7 Å². The van der Waals surface area contributed by atoms with Crippen molar-refractivity contribution >= 4 is 5.91 Å². The van der Waals surface area contributed by atoms with Crippen molar-refractivity contribution in [3.63, 3.8) is 0 Å². The van der Waals surface area contributed by atoms with Crippen molar-refractivity contribution < 1.29 is 14.3 Å². The van der Waals surface area contributed by atoms with Crippen LogP contribution in [0.25, 0.3) is 0 Å². The number of methoxy groups -OCH3 is 1. The number of nitriles is 1. The number of hydrogen-bond donors (Lipinski definition) is 1. The van der Waals surface area contributed by atoms with E-state index >= 15 is 0 Å². The highest BCUT2D eigenvalue weighted by molar-refractivity contribution is 5.95. The third kappa shape index (κ3) is 2.43. The van der Waals surface area contributed by atoms with Gasteiger partial charge in [0.25, 0.3) is 5.91 Å². The number of nitrogens with zero attached hydrogens (tertiary/aromatic N) is 1. The lowest BCUT2D eigenvalue weighted by atomic mass is 10.2. The number of hydrogen-bond acceptors (Lipinski definition) is 4. The second kappa shape index (κ2) is 5.23. The van der Waals surface area contributed by atoms with Gasteiger partial charge in [-0.15, -0.1) is 0 Å². The van der Waals surface area contributed by atoms with Gasteiger partial charge in [-0.25, -0.2) is 0 Å². The summed E-state index contributed by atoms with van der Waals surface area (Å²) in [6.07, 6.45) is 0.536. The summed E-state index contributed by atoms with van der Waals surface area (Å²) < 4.78 is 10.2. The molecule has 1 aromatic rings. The second-order valence-corrected chi connectivity index (χ2v) is 3.70. The zero-order chi connectivity index (χ0) is 13.0. The number of carbonyl (C=O) groups excluding carboxylic acids is 1. The van der Waals surface area contributed by atoms with Crippen LogP contribution in [-0.2, 0) is 4.74 Å². The highest BCUT2D eigenvalue weighted by atomic mass is 16.5. The van der Waals surface area contributed by atoms with Gasteiger partial charge in [-0.05, 0) is 24.3 Å². The maximum Gasteiger partial charge on any atom is 0.257 e. The van der Waals surface area contributed by atoms with E-state index in [-0.39, 0.29) is 11.8 Å². The van der Waals surface area contributed by atoms with Crippen LogP contribution in [0.1, 0.15) is 16.8 Å². The summed E-state index contributed by atoms with van der Waals surface area (Å²) in [7, 11) is 1.56. The smallest absolute Gasteiger partial charge is 0.257 e. The van der Waals surface area contributed by atoms with Gasteiger partial charge in [0, 0.05) is 12.0 Å². The van der Waals surface area contributed by atoms with Crippen LogP contribution in [0, 0.1) is 11.3 Å². The molecule has 2 rings (SSSR count). The molecule has 0 fully saturated rings. The fourth-order valence-electron chi connectivity index (χ4n) is 1.59. The van der Waals surface area contributed by atoms with Crippen molar-refractivity contribution in [2.45, 2.75) is 6.42 Å². The predicted molar refractivity (Wildman–Crippen MR) is 63.7 cm³/mol. The van der Waals surface area contributed by atoms with E-state index < -0.39 is 0 Å². The summed E-state index contributed by atoms with van der Waals surface area (Å²) in [5.74, 6) is 0.640. The van der Waals surface area contributed by atoms with Gasteiger partial charge < -0.3 is 9.47 Å². The third-order valence-corrected chi connectivity index (χ3v) is 2.59. The van der Waals surface area contributed by atoms with Gasteiger partial charge in [-0.1, -0.05) is 0 Å². The normalized spacial score (nSPS) is 13.8. The SMILES string of the molecule is COc1ccc(C(=O)NC2=C(C#N)CCO2)cc1. The van der Waals surface area contributed by atoms with Crippen LogP contribution in [0.4, 0.5) is 0 Å². The number of benzene rings is 1. The molecule has 0 aromatic heterocycles. The summed E-state index contributed by atoms with van der Waals surface area (Å²) >= 11 is 0. The zero-order valence-electron chi connectivity index (χ0n) is 9.90. The van der Waals surface area contributed by atoms with Gasteiger partial charge in [0.1, 0.15) is 11.8 Å². The Morgan fingerprint density at radius 3 is 2.78 bits per heavy atom. The van der Waals surface area contributed by atoms with Gasteiger partial charge in [0.05, 0.1) is 19.3 Å². The number of carbonyl (C=O) groups is 1. The van der Waals surface area contributed by atoms with Gasteiger partial charge in [-0.3, -0.25) is 10.1 Å². The van der Waals surface area contributed by atoms with Crippen molar-refractivity contribution in [3.8, 4) is 11.8 Å². The minimum Gasteiger partial charge on any atom is -0.497 e. The van der Waals surface area contributed by atoms with Crippen molar-refractivity contribution in [2.75, 3.05) is 13.7 Å². The minimum absolute atomic E-state index is 0.262. The zero-order valence-corrected chi connectivity index (χ0v) is 9.90. The Hall–Kier alpha value is -2.48. The molecule has 5 nitrogen and oxygen atoms in total. The molecule has 0 aliphatic carbocycles. The van der Waals surface area contributed by atoms with E-state index in [1.54, 1.807) is 31.4 Å². The molecule has 1 aliphatic heterocycles. The average molecular weight is 244 g/mol. The second-order valence-electron chi connectivity index (χ2n) is 3.70. The molecular formula is C13H12N2O3. The lowest BCUT2D eigenvalue weighted by Gasteiger charge is -2.07. The first kappa shape index (κ1) is 12.0. The standard InChI is InChI=1S/C13H12N2O3/c1-17-11-4-2-9(3-5-11)12(16)15-13-10(8-14)6-7-18-13/h2-5H,6-7H2,1H3,(H,15,16). The van der Waals surface area contributed by atoms with E-state index in [1.807, 2.05) is 6.07 Å². The quantitative estimate of drug-likeness (QED) is 0.876. The number of amides is 1. The minimum atomic E-state index is -0.303. The molecule has 1 N–H and O–H groups in total. The molecule has 0 atom stereocenters. The summed E-state index contributed by atoms with van der Waals surface area (Å²) in [6.45, 7) is 0.432. The van der Waals surface area contributed by atoms with E-state index in [1.165, 1.54) is 0 Å². The van der Waals surface area contributed by atoms with Gasteiger partial charge in [0.15, 0.2) is 0 Å². The molecule has 5 heteroatoms. The van der Waals surface area contributed by atoms with Crippen molar-refractivity contribution in [2.24, 2.45) is 0 Å². The molecule has 1 aromatic carbocycles. The van der Waals surface area contributed by atoms with Crippen LogP contribution in [0.2, 0.25) is 0 Å². The van der Waals surface area contributed by atoms with E-state index in [9.17, 15) is 4.79 Å². The Balaban J connectivity index is 2.10. The Kier molecular flexibility index (Phi) is 3.49. The molecule has 0 saturated heterocycles. The summed E-state index contributed by atoms with van der Waals surface area (Å²) in [5, 5.41) is 11.4. The van der Waals surface area contributed by atoms with E-state index in [2.05, 4.69) is 5.32 Å². The molecule has 0 radical (unpaired) electrons. The van der Waals surface area contributed by atoms with Crippen molar-refractivity contribution in [1.82, 2.24) is 5.32 Å². The molecule has 0 spiro atoms. The Bertz CT molecular complexity index is 526. The molecule has 1 amide bonds. The molecule has 0 unspecified atom stereocenters. The molecule has 0 bridgehead atoms. The van der Waals surface area contributed by atoms with Crippen molar-refractivity contribution in [3.05, 3.63) is 41.3 Å². The Labute approximate surface area is 105 Å². The maximum atomic E-state index is 11.9. The fourth-order valence-corrected chi connectivity index (χ4v) is 1.59. The van der Waals surface area contributed by atoms with Crippen LogP contribution in [0.3, 0.4) is 0 Å². The fraction of sp³-hybridized carbons (Fsp3) is 0.231.